The maximum Gasteiger partial charge on any atom is 0.312 e. The van der Waals surface area contributed by atoms with Crippen LogP contribution >= 0.6 is 0 Å². The van der Waals surface area contributed by atoms with Crippen molar-refractivity contribution in [3.05, 3.63) is 60.2 Å². The number of ether oxygens (including phenoxy) is 1. The molecular formula is C26H35N3O6S. The average Bonchev–Trinajstić information content (AvgIpc) is 2.85. The van der Waals surface area contributed by atoms with E-state index in [4.69, 9.17) is 10.5 Å². The van der Waals surface area contributed by atoms with Gasteiger partial charge in [-0.25, -0.2) is 8.42 Å². The number of esters is 1. The van der Waals surface area contributed by atoms with E-state index in [1.54, 1.807) is 0 Å². The summed E-state index contributed by atoms with van der Waals surface area (Å²) >= 11 is 0. The van der Waals surface area contributed by atoms with Crippen molar-refractivity contribution in [1.82, 2.24) is 10.2 Å². The highest BCUT2D eigenvalue weighted by Crippen LogP contribution is 2.23. The number of amides is 1. The number of nitrogens with two attached hydrogens (primary N) is 1. The molecule has 1 unspecified atom stereocenters. The molecule has 0 aliphatic carbocycles. The molecule has 2 aromatic rings. The molecule has 1 amide bonds. The monoisotopic (exact) mass is 517 g/mol. The van der Waals surface area contributed by atoms with Crippen molar-refractivity contribution >= 4 is 21.7 Å². The Labute approximate surface area is 212 Å². The van der Waals surface area contributed by atoms with E-state index in [0.29, 0.717) is 13.1 Å². The number of nitrogens with zero attached hydrogens (tertiary/aromatic N) is 1. The van der Waals surface area contributed by atoms with Gasteiger partial charge in [0.15, 0.2) is 9.84 Å². The minimum atomic E-state index is -3.54. The molecule has 1 saturated heterocycles. The van der Waals surface area contributed by atoms with Gasteiger partial charge >= 0.3 is 5.97 Å². The van der Waals surface area contributed by atoms with Crippen molar-refractivity contribution in [1.29, 1.82) is 0 Å². The number of hydrogen-bond donors (Lipinski definition) is 3. The van der Waals surface area contributed by atoms with Crippen LogP contribution in [0, 0.1) is 5.92 Å². The maximum absolute atomic E-state index is 12.8. The van der Waals surface area contributed by atoms with Gasteiger partial charge in [0.2, 0.25) is 5.91 Å². The number of benzene rings is 2. The Morgan fingerprint density at radius 1 is 1.08 bits per heavy atom. The number of likely N-dealkylation sites (tertiary alicyclic amines) is 1. The number of carbonyl (C=O) groups is 2. The van der Waals surface area contributed by atoms with E-state index in [1.165, 1.54) is 29.8 Å². The maximum atomic E-state index is 12.8. The molecule has 2 atom stereocenters. The molecule has 1 fully saturated rings. The van der Waals surface area contributed by atoms with Crippen LogP contribution in [0.2, 0.25) is 0 Å². The molecular weight excluding hydrogens is 482 g/mol. The molecule has 0 aromatic heterocycles. The highest BCUT2D eigenvalue weighted by molar-refractivity contribution is 7.91. The van der Waals surface area contributed by atoms with E-state index < -0.39 is 21.9 Å². The van der Waals surface area contributed by atoms with Crippen LogP contribution in [0.1, 0.15) is 24.8 Å². The largest absolute Gasteiger partial charge is 0.426 e. The van der Waals surface area contributed by atoms with Crippen LogP contribution in [0.3, 0.4) is 0 Å². The van der Waals surface area contributed by atoms with Crippen LogP contribution in [0.5, 0.6) is 5.75 Å². The summed E-state index contributed by atoms with van der Waals surface area (Å²) < 4.78 is 30.8. The first-order valence-electron chi connectivity index (χ1n) is 12.2. The first kappa shape index (κ1) is 27.8. The first-order chi connectivity index (χ1) is 17.3. The van der Waals surface area contributed by atoms with Gasteiger partial charge in [-0.2, -0.15) is 0 Å². The van der Waals surface area contributed by atoms with Crippen LogP contribution in [-0.2, 0) is 25.8 Å². The second kappa shape index (κ2) is 13.5. The van der Waals surface area contributed by atoms with Crippen LogP contribution < -0.4 is 15.8 Å². The average molecular weight is 518 g/mol. The van der Waals surface area contributed by atoms with Gasteiger partial charge in [-0.3, -0.25) is 14.5 Å². The van der Waals surface area contributed by atoms with Crippen LogP contribution in [0.4, 0.5) is 0 Å². The number of aliphatic hydroxyl groups excluding tert-OH is 1. The number of hydrogen-bond acceptors (Lipinski definition) is 8. The molecule has 0 radical (unpaired) electrons. The van der Waals surface area contributed by atoms with Gasteiger partial charge in [-0.1, -0.05) is 30.3 Å². The Balaban J connectivity index is 1.43. The quantitative estimate of drug-likeness (QED) is 0.281. The number of carbonyl (C=O) groups excluding carboxylic acids is 2. The fraction of sp³-hybridized carbons (Fsp3) is 0.462. The van der Waals surface area contributed by atoms with Crippen LogP contribution in [0.15, 0.2) is 59.5 Å². The molecule has 0 saturated carbocycles. The summed E-state index contributed by atoms with van der Waals surface area (Å²) in [5.74, 6) is -0.433. The fourth-order valence-corrected chi connectivity index (χ4v) is 5.48. The van der Waals surface area contributed by atoms with E-state index in [1.807, 2.05) is 23.1 Å². The predicted molar refractivity (Wildman–Crippen MR) is 136 cm³/mol. The molecule has 0 bridgehead atoms. The van der Waals surface area contributed by atoms with Crippen molar-refractivity contribution in [2.45, 2.75) is 36.7 Å². The molecule has 10 heteroatoms. The lowest BCUT2D eigenvalue weighted by Gasteiger charge is -2.36. The van der Waals surface area contributed by atoms with Crippen LogP contribution in [-0.4, -0.2) is 74.9 Å². The van der Waals surface area contributed by atoms with Gasteiger partial charge in [0, 0.05) is 32.6 Å². The first-order valence-corrected chi connectivity index (χ1v) is 13.9. The normalized spacial score (nSPS) is 18.5. The Morgan fingerprint density at radius 2 is 1.81 bits per heavy atom. The zero-order valence-corrected chi connectivity index (χ0v) is 21.2. The molecule has 2 aromatic carbocycles. The Morgan fingerprint density at radius 3 is 2.47 bits per heavy atom. The van der Waals surface area contributed by atoms with E-state index in [-0.39, 0.29) is 54.2 Å². The summed E-state index contributed by atoms with van der Waals surface area (Å²) in [6.45, 7) is 1.91. The SMILES string of the molecule is NCCC(=O)NCCC(=O)Oc1ccc(S(=O)(=O)CCN2CCC(Cc3ccccc3)[C@H](O)C2)cc1. The third-order valence-corrected chi connectivity index (χ3v) is 7.97. The van der Waals surface area contributed by atoms with Gasteiger partial charge in [0.1, 0.15) is 5.75 Å². The van der Waals surface area contributed by atoms with E-state index in [9.17, 15) is 23.1 Å². The minimum Gasteiger partial charge on any atom is -0.426 e. The number of rotatable bonds is 12. The highest BCUT2D eigenvalue weighted by Gasteiger charge is 2.28. The Hall–Kier alpha value is -2.79. The molecule has 196 valence electrons. The van der Waals surface area contributed by atoms with Crippen molar-refractivity contribution < 1.29 is 27.9 Å². The Kier molecular flexibility index (Phi) is 10.4. The molecule has 4 N–H and O–H groups in total. The standard InChI is InChI=1S/C26H35N3O6S/c27-13-10-25(31)28-14-11-26(32)35-22-6-8-23(9-7-22)36(33,34)17-16-29-15-12-21(24(30)19-29)18-20-4-2-1-3-5-20/h1-9,21,24,30H,10-19,27H2,(H,28,31)/t21?,24-/m1/s1. The van der Waals surface area contributed by atoms with Crippen molar-refractivity contribution in [3.63, 3.8) is 0 Å². The molecule has 1 aliphatic rings. The number of sulfone groups is 1. The van der Waals surface area contributed by atoms with Gasteiger partial charge in [-0.15, -0.1) is 0 Å². The summed E-state index contributed by atoms with van der Waals surface area (Å²) in [6, 6.07) is 15.8. The van der Waals surface area contributed by atoms with E-state index >= 15 is 0 Å². The lowest BCUT2D eigenvalue weighted by molar-refractivity contribution is -0.134. The van der Waals surface area contributed by atoms with Crippen molar-refractivity contribution in [3.8, 4) is 5.75 Å². The summed E-state index contributed by atoms with van der Waals surface area (Å²) in [4.78, 5) is 25.4. The predicted octanol–water partition coefficient (Wildman–Crippen LogP) is 1.15. The summed E-state index contributed by atoms with van der Waals surface area (Å²) in [5.41, 5.74) is 6.48. The van der Waals surface area contributed by atoms with Crippen molar-refractivity contribution in [2.75, 3.05) is 38.5 Å². The molecule has 0 spiro atoms. The zero-order valence-electron chi connectivity index (χ0n) is 20.3. The van der Waals surface area contributed by atoms with Crippen LogP contribution in [0.25, 0.3) is 0 Å². The minimum absolute atomic E-state index is 0.00967. The number of nitrogens with one attached hydrogen (secondary N) is 1. The molecule has 1 heterocycles. The van der Waals surface area contributed by atoms with E-state index in [0.717, 1.165) is 19.4 Å². The second-order valence-electron chi connectivity index (χ2n) is 9.01. The summed E-state index contributed by atoms with van der Waals surface area (Å²) in [7, 11) is -3.54. The number of piperidine rings is 1. The summed E-state index contributed by atoms with van der Waals surface area (Å²) in [5, 5.41) is 13.2. The third-order valence-electron chi connectivity index (χ3n) is 6.26. The molecule has 1 aliphatic heterocycles. The van der Waals surface area contributed by atoms with Gasteiger partial charge < -0.3 is 20.9 Å². The lowest BCUT2D eigenvalue weighted by Crippen LogP contribution is -2.46. The molecule has 3 rings (SSSR count). The molecule has 36 heavy (non-hydrogen) atoms. The number of β-amino-alcohol motifs (C(OH)–C–C–N with tert-alkyl or cyclic N) is 1. The topological polar surface area (TPSA) is 139 Å². The highest BCUT2D eigenvalue weighted by atomic mass is 32.2. The van der Waals surface area contributed by atoms with Gasteiger partial charge in [0.25, 0.3) is 0 Å². The lowest BCUT2D eigenvalue weighted by atomic mass is 9.88. The fourth-order valence-electron chi connectivity index (χ4n) is 4.19. The second-order valence-corrected chi connectivity index (χ2v) is 11.1. The van der Waals surface area contributed by atoms with E-state index in [2.05, 4.69) is 17.4 Å². The zero-order chi connectivity index (χ0) is 26.0. The molecule has 9 nitrogen and oxygen atoms in total. The van der Waals surface area contributed by atoms with Gasteiger partial charge in [0.05, 0.1) is 23.2 Å². The summed E-state index contributed by atoms with van der Waals surface area (Å²) in [6.07, 6.45) is 1.31. The van der Waals surface area contributed by atoms with Gasteiger partial charge in [-0.05, 0) is 55.1 Å². The number of aliphatic hydroxyl groups is 1. The Bertz CT molecular complexity index is 1090. The smallest absolute Gasteiger partial charge is 0.312 e. The van der Waals surface area contributed by atoms with Crippen molar-refractivity contribution in [2.24, 2.45) is 11.7 Å². The third kappa shape index (κ3) is 8.70.